The van der Waals surface area contributed by atoms with E-state index in [0.717, 1.165) is 25.9 Å². The maximum atomic E-state index is 12.7. The lowest BCUT2D eigenvalue weighted by molar-refractivity contribution is -0.146. The lowest BCUT2D eigenvalue weighted by Crippen LogP contribution is -2.44. The SMILES string of the molecule is O=C(O)C1CCC(C(=O)N2CCC(OCc3ccccc3)CC2)CC1. The molecule has 136 valence electrons. The zero-order valence-corrected chi connectivity index (χ0v) is 14.6. The summed E-state index contributed by atoms with van der Waals surface area (Å²) in [5, 5.41) is 9.06. The van der Waals surface area contributed by atoms with Crippen molar-refractivity contribution in [2.45, 2.75) is 51.2 Å². The molecule has 0 unspecified atom stereocenters. The molecule has 2 aliphatic rings. The first-order chi connectivity index (χ1) is 12.1. The summed E-state index contributed by atoms with van der Waals surface area (Å²) in [5.41, 5.74) is 1.18. The third-order valence-corrected chi connectivity index (χ3v) is 5.51. The van der Waals surface area contributed by atoms with Gasteiger partial charge in [-0.1, -0.05) is 30.3 Å². The van der Waals surface area contributed by atoms with Gasteiger partial charge in [0, 0.05) is 19.0 Å². The number of carbonyl (C=O) groups is 2. The van der Waals surface area contributed by atoms with E-state index >= 15 is 0 Å². The second kappa shape index (κ2) is 8.48. The summed E-state index contributed by atoms with van der Waals surface area (Å²) >= 11 is 0. The highest BCUT2D eigenvalue weighted by Crippen LogP contribution is 2.31. The number of aliphatic carboxylic acids is 1. The van der Waals surface area contributed by atoms with Gasteiger partial charge in [-0.15, -0.1) is 0 Å². The van der Waals surface area contributed by atoms with Crippen molar-refractivity contribution >= 4 is 11.9 Å². The Balaban J connectivity index is 1.40. The largest absolute Gasteiger partial charge is 0.481 e. The summed E-state index contributed by atoms with van der Waals surface area (Å²) in [6, 6.07) is 10.1. The van der Waals surface area contributed by atoms with Gasteiger partial charge < -0.3 is 14.7 Å². The summed E-state index contributed by atoms with van der Waals surface area (Å²) < 4.78 is 5.98. The van der Waals surface area contributed by atoms with Gasteiger partial charge in [0.1, 0.15) is 0 Å². The molecular formula is C20H27NO4. The number of ether oxygens (including phenoxy) is 1. The molecule has 1 aliphatic carbocycles. The van der Waals surface area contributed by atoms with E-state index in [1.165, 1.54) is 5.56 Å². The fourth-order valence-corrected chi connectivity index (χ4v) is 3.88. The average Bonchev–Trinajstić information content (AvgIpc) is 2.67. The third kappa shape index (κ3) is 4.82. The van der Waals surface area contributed by atoms with E-state index in [-0.39, 0.29) is 23.8 Å². The Morgan fingerprint density at radius 1 is 0.960 bits per heavy atom. The van der Waals surface area contributed by atoms with Gasteiger partial charge in [0.05, 0.1) is 18.6 Å². The molecule has 0 atom stereocenters. The summed E-state index contributed by atoms with van der Waals surface area (Å²) in [6.45, 7) is 2.12. The minimum absolute atomic E-state index is 0.0115. The molecular weight excluding hydrogens is 318 g/mol. The van der Waals surface area contributed by atoms with Gasteiger partial charge in [0.2, 0.25) is 5.91 Å². The van der Waals surface area contributed by atoms with Crippen LogP contribution in [0.4, 0.5) is 0 Å². The van der Waals surface area contributed by atoms with Gasteiger partial charge in [-0.3, -0.25) is 9.59 Å². The highest BCUT2D eigenvalue weighted by Gasteiger charge is 2.33. The zero-order valence-electron chi connectivity index (χ0n) is 14.6. The third-order valence-electron chi connectivity index (χ3n) is 5.51. The number of nitrogens with zero attached hydrogens (tertiary/aromatic N) is 1. The molecule has 3 rings (SSSR count). The summed E-state index contributed by atoms with van der Waals surface area (Å²) in [7, 11) is 0. The summed E-state index contributed by atoms with van der Waals surface area (Å²) in [6.07, 6.45) is 4.64. The van der Waals surface area contributed by atoms with Gasteiger partial charge in [-0.05, 0) is 44.1 Å². The molecule has 1 saturated heterocycles. The Labute approximate surface area is 149 Å². The Bertz CT molecular complexity index is 573. The van der Waals surface area contributed by atoms with Crippen LogP contribution in [0.15, 0.2) is 30.3 Å². The molecule has 2 fully saturated rings. The molecule has 0 bridgehead atoms. The molecule has 1 amide bonds. The Morgan fingerprint density at radius 2 is 1.56 bits per heavy atom. The van der Waals surface area contributed by atoms with Crippen LogP contribution >= 0.6 is 0 Å². The minimum atomic E-state index is -0.720. The van der Waals surface area contributed by atoms with Crippen molar-refractivity contribution in [1.82, 2.24) is 4.90 Å². The second-order valence-corrected chi connectivity index (χ2v) is 7.21. The number of hydrogen-bond acceptors (Lipinski definition) is 3. The molecule has 1 saturated carbocycles. The molecule has 0 aromatic heterocycles. The van der Waals surface area contributed by atoms with E-state index in [1.54, 1.807) is 0 Å². The number of carboxylic acid groups (broad SMARTS) is 1. The van der Waals surface area contributed by atoms with Gasteiger partial charge in [0.25, 0.3) is 0 Å². The van der Waals surface area contributed by atoms with Crippen LogP contribution < -0.4 is 0 Å². The van der Waals surface area contributed by atoms with E-state index in [4.69, 9.17) is 9.84 Å². The Kier molecular flexibility index (Phi) is 6.08. The van der Waals surface area contributed by atoms with E-state index in [1.807, 2.05) is 23.1 Å². The van der Waals surface area contributed by atoms with Gasteiger partial charge in [-0.2, -0.15) is 0 Å². The molecule has 25 heavy (non-hydrogen) atoms. The number of amides is 1. The monoisotopic (exact) mass is 345 g/mol. The highest BCUT2D eigenvalue weighted by atomic mass is 16.5. The molecule has 1 aromatic rings. The van der Waals surface area contributed by atoms with Crippen molar-refractivity contribution in [2.75, 3.05) is 13.1 Å². The number of hydrogen-bond donors (Lipinski definition) is 1. The zero-order chi connectivity index (χ0) is 17.6. The van der Waals surface area contributed by atoms with Crippen LogP contribution in [0, 0.1) is 11.8 Å². The highest BCUT2D eigenvalue weighted by molar-refractivity contribution is 5.79. The number of benzene rings is 1. The first-order valence-electron chi connectivity index (χ1n) is 9.30. The van der Waals surface area contributed by atoms with Crippen molar-refractivity contribution in [3.8, 4) is 0 Å². The Morgan fingerprint density at radius 3 is 2.16 bits per heavy atom. The number of likely N-dealkylation sites (tertiary alicyclic amines) is 1. The van der Waals surface area contributed by atoms with Gasteiger partial charge in [0.15, 0.2) is 0 Å². The predicted molar refractivity (Wildman–Crippen MR) is 93.9 cm³/mol. The van der Waals surface area contributed by atoms with Gasteiger partial charge in [-0.25, -0.2) is 0 Å². The predicted octanol–water partition coefficient (Wildman–Crippen LogP) is 3.09. The normalized spacial score (nSPS) is 24.9. The molecule has 1 heterocycles. The maximum absolute atomic E-state index is 12.7. The lowest BCUT2D eigenvalue weighted by Gasteiger charge is -2.35. The van der Waals surface area contributed by atoms with E-state index < -0.39 is 5.97 Å². The van der Waals surface area contributed by atoms with Crippen molar-refractivity contribution in [3.05, 3.63) is 35.9 Å². The molecule has 0 radical (unpaired) electrons. The first-order valence-corrected chi connectivity index (χ1v) is 9.30. The van der Waals surface area contributed by atoms with Crippen LogP contribution in [-0.2, 0) is 20.9 Å². The molecule has 1 N–H and O–H groups in total. The van der Waals surface area contributed by atoms with Gasteiger partial charge >= 0.3 is 5.97 Å². The molecule has 5 heteroatoms. The topological polar surface area (TPSA) is 66.8 Å². The van der Waals surface area contributed by atoms with Crippen LogP contribution in [-0.4, -0.2) is 41.1 Å². The number of rotatable bonds is 5. The van der Waals surface area contributed by atoms with Crippen LogP contribution in [0.25, 0.3) is 0 Å². The fraction of sp³-hybridized carbons (Fsp3) is 0.600. The lowest BCUT2D eigenvalue weighted by atomic mass is 9.81. The van der Waals surface area contributed by atoms with Crippen LogP contribution in [0.5, 0.6) is 0 Å². The number of carbonyl (C=O) groups excluding carboxylic acids is 1. The van der Waals surface area contributed by atoms with Crippen LogP contribution in [0.3, 0.4) is 0 Å². The standard InChI is InChI=1S/C20H27NO4/c22-19(16-6-8-17(9-7-16)20(23)24)21-12-10-18(11-13-21)25-14-15-4-2-1-3-5-15/h1-5,16-18H,6-14H2,(H,23,24). The summed E-state index contributed by atoms with van der Waals surface area (Å²) in [4.78, 5) is 25.6. The number of carboxylic acids is 1. The van der Waals surface area contributed by atoms with Crippen molar-refractivity contribution in [3.63, 3.8) is 0 Å². The minimum Gasteiger partial charge on any atom is -0.481 e. The summed E-state index contributed by atoms with van der Waals surface area (Å²) in [5.74, 6) is -0.758. The second-order valence-electron chi connectivity index (χ2n) is 7.21. The fourth-order valence-electron chi connectivity index (χ4n) is 3.88. The Hall–Kier alpha value is -1.88. The molecule has 0 spiro atoms. The van der Waals surface area contributed by atoms with Crippen LogP contribution in [0.2, 0.25) is 0 Å². The maximum Gasteiger partial charge on any atom is 0.306 e. The molecule has 5 nitrogen and oxygen atoms in total. The van der Waals surface area contributed by atoms with Crippen LogP contribution in [0.1, 0.15) is 44.1 Å². The smallest absolute Gasteiger partial charge is 0.306 e. The van der Waals surface area contributed by atoms with E-state index in [9.17, 15) is 9.59 Å². The first kappa shape index (κ1) is 17.9. The molecule has 1 aromatic carbocycles. The van der Waals surface area contributed by atoms with Crippen molar-refractivity contribution in [2.24, 2.45) is 11.8 Å². The van der Waals surface area contributed by atoms with Crippen molar-refractivity contribution < 1.29 is 19.4 Å². The quantitative estimate of drug-likeness (QED) is 0.890. The average molecular weight is 345 g/mol. The van der Waals surface area contributed by atoms with E-state index in [0.29, 0.717) is 32.3 Å². The number of piperidine rings is 1. The van der Waals surface area contributed by atoms with E-state index in [2.05, 4.69) is 12.1 Å². The van der Waals surface area contributed by atoms with Crippen molar-refractivity contribution in [1.29, 1.82) is 0 Å². The molecule has 1 aliphatic heterocycles.